The monoisotopic (exact) mass is 156 g/mol. The van der Waals surface area contributed by atoms with Gasteiger partial charge in [-0.25, -0.2) is 0 Å². The van der Waals surface area contributed by atoms with Gasteiger partial charge in [0.05, 0.1) is 0 Å². The second-order valence-electron chi connectivity index (χ2n) is 1.79. The molecule has 0 unspecified atom stereocenters. The number of hydrogen-bond donors (Lipinski definition) is 1. The van der Waals surface area contributed by atoms with E-state index in [1.807, 2.05) is 25.1 Å². The number of benzene rings is 1. The van der Waals surface area contributed by atoms with Gasteiger partial charge in [-0.3, -0.25) is 0 Å². The normalized spacial score (nSPS) is 7.30. The van der Waals surface area contributed by atoms with Crippen molar-refractivity contribution in [1.82, 2.24) is 0 Å². The van der Waals surface area contributed by atoms with Crippen LogP contribution in [-0.2, 0) is 0 Å². The summed E-state index contributed by atoms with van der Waals surface area (Å²) in [6.07, 6.45) is 0. The fraction of sp³-hybridized carbons (Fsp3) is 0.143. The Kier molecular flexibility index (Phi) is 9.13. The molecule has 0 amide bonds. The first kappa shape index (κ1) is 13.6. The van der Waals surface area contributed by atoms with Gasteiger partial charge in [-0.15, -0.1) is 0 Å². The molecule has 1 rings (SSSR count). The van der Waals surface area contributed by atoms with Gasteiger partial charge in [-0.05, 0) is 18.6 Å². The largest absolute Gasteiger partial charge is 1.00 e. The summed E-state index contributed by atoms with van der Waals surface area (Å²) in [5.74, 6) is 0.368. The van der Waals surface area contributed by atoms with Crippen molar-refractivity contribution in [3.05, 3.63) is 29.8 Å². The molecule has 0 saturated heterocycles. The minimum absolute atomic E-state index is 0. The summed E-state index contributed by atoms with van der Waals surface area (Å²) < 4.78 is 0. The van der Waals surface area contributed by atoms with Crippen molar-refractivity contribution in [1.29, 1.82) is 0 Å². The molecule has 0 aliphatic carbocycles. The van der Waals surface area contributed by atoms with Crippen LogP contribution in [0.25, 0.3) is 0 Å². The standard InChI is InChI=1S/C7H8O.2Na.2H/c1-6-4-2-3-5-7(6)8;;;;/h2-5,8H,1H3;;;;/q;2*+1;2*-1. The molecule has 0 saturated carbocycles. The van der Waals surface area contributed by atoms with E-state index in [-0.39, 0.29) is 62.0 Å². The average Bonchev–Trinajstić information content (AvgIpc) is 1.77. The predicted molar refractivity (Wildman–Crippen MR) is 35.1 cm³/mol. The molecule has 3 heteroatoms. The van der Waals surface area contributed by atoms with Gasteiger partial charge in [-0.1, -0.05) is 18.2 Å². The van der Waals surface area contributed by atoms with Crippen molar-refractivity contribution in [3.8, 4) is 5.75 Å². The molecule has 46 valence electrons. The van der Waals surface area contributed by atoms with Crippen molar-refractivity contribution in [2.24, 2.45) is 0 Å². The van der Waals surface area contributed by atoms with E-state index in [2.05, 4.69) is 0 Å². The van der Waals surface area contributed by atoms with Gasteiger partial charge in [0, 0.05) is 0 Å². The summed E-state index contributed by atoms with van der Waals surface area (Å²) in [5.41, 5.74) is 0.924. The number of hydrogen-bond acceptors (Lipinski definition) is 1. The van der Waals surface area contributed by atoms with Crippen LogP contribution in [0.4, 0.5) is 0 Å². The molecule has 0 radical (unpaired) electrons. The second kappa shape index (κ2) is 6.71. The van der Waals surface area contributed by atoms with E-state index in [4.69, 9.17) is 5.11 Å². The van der Waals surface area contributed by atoms with E-state index in [1.165, 1.54) is 0 Å². The van der Waals surface area contributed by atoms with Gasteiger partial charge in [0.2, 0.25) is 0 Å². The van der Waals surface area contributed by atoms with Crippen molar-refractivity contribution in [3.63, 3.8) is 0 Å². The summed E-state index contributed by atoms with van der Waals surface area (Å²) in [6, 6.07) is 7.25. The van der Waals surface area contributed by atoms with Gasteiger partial charge in [0.25, 0.3) is 0 Å². The topological polar surface area (TPSA) is 20.2 Å². The van der Waals surface area contributed by atoms with Crippen LogP contribution in [0.15, 0.2) is 24.3 Å². The van der Waals surface area contributed by atoms with Crippen LogP contribution >= 0.6 is 0 Å². The molecular formula is C7H10Na2O. The molecule has 0 atom stereocenters. The van der Waals surface area contributed by atoms with Crippen LogP contribution in [-0.4, -0.2) is 5.11 Å². The number of aromatic hydroxyl groups is 1. The third-order valence-corrected chi connectivity index (χ3v) is 1.12. The van der Waals surface area contributed by atoms with E-state index < -0.39 is 0 Å². The van der Waals surface area contributed by atoms with Gasteiger partial charge in [0.15, 0.2) is 0 Å². The Morgan fingerprint density at radius 2 is 1.70 bits per heavy atom. The smallest absolute Gasteiger partial charge is 1.00 e. The predicted octanol–water partition coefficient (Wildman–Crippen LogP) is -4.07. The molecule has 0 aliphatic rings. The van der Waals surface area contributed by atoms with E-state index in [1.54, 1.807) is 6.07 Å². The molecule has 0 aliphatic heterocycles. The third-order valence-electron chi connectivity index (χ3n) is 1.12. The van der Waals surface area contributed by atoms with Crippen LogP contribution in [0.2, 0.25) is 0 Å². The summed E-state index contributed by atoms with van der Waals surface area (Å²) >= 11 is 0. The number of rotatable bonds is 0. The van der Waals surface area contributed by atoms with Gasteiger partial charge >= 0.3 is 59.1 Å². The van der Waals surface area contributed by atoms with Crippen molar-refractivity contribution < 1.29 is 67.1 Å². The molecule has 1 aromatic rings. The molecule has 1 N–H and O–H groups in total. The molecule has 0 aromatic heterocycles. The molecule has 1 nitrogen and oxygen atoms in total. The van der Waals surface area contributed by atoms with E-state index in [9.17, 15) is 0 Å². The first-order chi connectivity index (χ1) is 3.80. The Balaban J connectivity index is -0.0000000800. The van der Waals surface area contributed by atoms with Crippen molar-refractivity contribution in [2.75, 3.05) is 0 Å². The van der Waals surface area contributed by atoms with Crippen LogP contribution in [0.1, 0.15) is 8.42 Å². The fourth-order valence-corrected chi connectivity index (χ4v) is 0.563. The Hall–Kier alpha value is 1.02. The Morgan fingerprint density at radius 1 is 1.20 bits per heavy atom. The summed E-state index contributed by atoms with van der Waals surface area (Å²) in [6.45, 7) is 1.87. The number of aryl methyl sites for hydroxylation is 1. The Bertz CT molecular complexity index is 176. The number of phenolic OH excluding ortho intramolecular Hbond substituents is 1. The maximum atomic E-state index is 8.92. The van der Waals surface area contributed by atoms with Crippen molar-refractivity contribution >= 4 is 0 Å². The van der Waals surface area contributed by atoms with Crippen LogP contribution in [0.3, 0.4) is 0 Å². The minimum Gasteiger partial charge on any atom is -1.00 e. The SMILES string of the molecule is Cc1ccccc1O.[H-].[H-].[Na+].[Na+]. The number of para-hydroxylation sites is 1. The summed E-state index contributed by atoms with van der Waals surface area (Å²) in [7, 11) is 0. The van der Waals surface area contributed by atoms with Gasteiger partial charge in [0.1, 0.15) is 5.75 Å². The van der Waals surface area contributed by atoms with Gasteiger partial charge < -0.3 is 7.96 Å². The molecule has 0 spiro atoms. The zero-order valence-electron chi connectivity index (χ0n) is 8.76. The third kappa shape index (κ3) is 4.02. The fourth-order valence-electron chi connectivity index (χ4n) is 0.563. The molecule has 0 fully saturated rings. The first-order valence-corrected chi connectivity index (χ1v) is 2.55. The average molecular weight is 156 g/mol. The van der Waals surface area contributed by atoms with E-state index in [0.717, 1.165) is 5.56 Å². The second-order valence-corrected chi connectivity index (χ2v) is 1.79. The van der Waals surface area contributed by atoms with Gasteiger partial charge in [-0.2, -0.15) is 0 Å². The quantitative estimate of drug-likeness (QED) is 0.379. The molecular weight excluding hydrogens is 146 g/mol. The Morgan fingerprint density at radius 3 is 2.00 bits per heavy atom. The molecule has 10 heavy (non-hydrogen) atoms. The van der Waals surface area contributed by atoms with Crippen LogP contribution in [0, 0.1) is 6.92 Å². The van der Waals surface area contributed by atoms with Crippen LogP contribution < -0.4 is 59.1 Å². The molecule has 0 heterocycles. The zero-order valence-corrected chi connectivity index (χ0v) is 10.8. The maximum absolute atomic E-state index is 8.92. The minimum atomic E-state index is 0. The molecule has 0 bridgehead atoms. The Labute approximate surface area is 108 Å². The van der Waals surface area contributed by atoms with E-state index in [0.29, 0.717) is 5.75 Å². The summed E-state index contributed by atoms with van der Waals surface area (Å²) in [5, 5.41) is 8.92. The zero-order chi connectivity index (χ0) is 5.98. The maximum Gasteiger partial charge on any atom is 1.00 e. The van der Waals surface area contributed by atoms with E-state index >= 15 is 0 Å². The van der Waals surface area contributed by atoms with Crippen molar-refractivity contribution in [2.45, 2.75) is 6.92 Å². The number of phenols is 1. The van der Waals surface area contributed by atoms with Crippen LogP contribution in [0.5, 0.6) is 5.75 Å². The summed E-state index contributed by atoms with van der Waals surface area (Å²) in [4.78, 5) is 0. The first-order valence-electron chi connectivity index (χ1n) is 2.55. The molecule has 1 aromatic carbocycles.